The maximum absolute atomic E-state index is 2.43. The van der Waals surface area contributed by atoms with Crippen molar-refractivity contribution in [1.82, 2.24) is 0 Å². The molecule has 2 aliphatic rings. The van der Waals surface area contributed by atoms with Crippen LogP contribution in [0.2, 0.25) is 0 Å². The monoisotopic (exact) mass is 398 g/mol. The van der Waals surface area contributed by atoms with Gasteiger partial charge in [0.1, 0.15) is 0 Å². The van der Waals surface area contributed by atoms with Crippen molar-refractivity contribution in [2.75, 3.05) is 0 Å². The molecule has 0 aromatic carbocycles. The average Bonchev–Trinajstić information content (AvgIpc) is 2.63. The van der Waals surface area contributed by atoms with E-state index in [-0.39, 0.29) is 20.2 Å². The standard InChI is InChI=1S/2C10H15.2FH.Zr/c2*1-7-6-10(4,5)9(3)8(7)2;;;/h2*1-5H3;2*1H;/q;;;;+2/p-2. The molecule has 0 fully saturated rings. The molecule has 0 N–H and O–H groups in total. The molecule has 0 saturated heterocycles. The molecule has 0 nitrogen and oxygen atoms in total. The second kappa shape index (κ2) is 6.91. The molecule has 0 amide bonds. The molecule has 0 radical (unpaired) electrons. The second-order valence-electron chi connectivity index (χ2n) is 7.88. The quantitative estimate of drug-likeness (QED) is 0.630. The van der Waals surface area contributed by atoms with Crippen LogP contribution in [0.15, 0.2) is 40.0 Å². The minimum Gasteiger partial charge on any atom is -1.00 e. The summed E-state index contributed by atoms with van der Waals surface area (Å²) in [7, 11) is 0. The predicted octanol–water partition coefficient (Wildman–Crippen LogP) is 0.377. The van der Waals surface area contributed by atoms with Crippen LogP contribution < -0.4 is 9.41 Å². The molecule has 128 valence electrons. The van der Waals surface area contributed by atoms with Gasteiger partial charge in [-0.05, 0) is 0 Å². The van der Waals surface area contributed by atoms with Crippen molar-refractivity contribution in [1.29, 1.82) is 0 Å². The zero-order valence-electron chi connectivity index (χ0n) is 16.3. The van der Waals surface area contributed by atoms with Gasteiger partial charge in [0, 0.05) is 0 Å². The minimum absolute atomic E-state index is 0. The van der Waals surface area contributed by atoms with Gasteiger partial charge < -0.3 is 9.41 Å². The molecule has 0 aromatic rings. The van der Waals surface area contributed by atoms with E-state index in [9.17, 15) is 0 Å². The molecule has 3 heteroatoms. The van der Waals surface area contributed by atoms with Crippen LogP contribution in [0.1, 0.15) is 69.2 Å². The average molecular weight is 400 g/mol. The van der Waals surface area contributed by atoms with Crippen LogP contribution in [0, 0.1) is 10.8 Å². The molecular formula is C20H30F2Zr. The molecular weight excluding hydrogens is 369 g/mol. The fourth-order valence-electron chi connectivity index (χ4n) is 3.81. The molecule has 23 heavy (non-hydrogen) atoms. The van der Waals surface area contributed by atoms with E-state index < -0.39 is 23.2 Å². The number of allylic oxidation sites excluding steroid dienone is 8. The Bertz CT molecular complexity index is 585. The van der Waals surface area contributed by atoms with Crippen molar-refractivity contribution in [2.45, 2.75) is 69.2 Å². The smallest absolute Gasteiger partial charge is 1.00 e. The maximum atomic E-state index is 2.43. The number of hydrogen-bond acceptors (Lipinski definition) is 0. The van der Waals surface area contributed by atoms with E-state index >= 15 is 0 Å². The predicted molar refractivity (Wildman–Crippen MR) is 89.7 cm³/mol. The SMILES string of the molecule is CC1=C(C)C(C)(C)[C]([Zr+2][C]2=C(C)C(C)=C(C)C2(C)C)=C1C.[F-].[F-]. The zero-order chi connectivity index (χ0) is 16.3. The van der Waals surface area contributed by atoms with E-state index in [0.717, 1.165) is 0 Å². The van der Waals surface area contributed by atoms with Crippen LogP contribution in [0.25, 0.3) is 0 Å². The Hall–Kier alpha value is -0.297. The van der Waals surface area contributed by atoms with Crippen LogP contribution in [0.5, 0.6) is 0 Å². The molecule has 0 unspecified atom stereocenters. The number of rotatable bonds is 2. The Kier molecular flexibility index (Phi) is 6.82. The molecule has 0 saturated carbocycles. The largest absolute Gasteiger partial charge is 1.00 e. The Morgan fingerprint density at radius 1 is 0.522 bits per heavy atom. The van der Waals surface area contributed by atoms with Crippen LogP contribution in [0.3, 0.4) is 0 Å². The van der Waals surface area contributed by atoms with E-state index in [0.29, 0.717) is 0 Å². The van der Waals surface area contributed by atoms with Crippen molar-refractivity contribution in [3.8, 4) is 0 Å². The topological polar surface area (TPSA) is 0 Å². The van der Waals surface area contributed by atoms with Gasteiger partial charge in [-0.15, -0.1) is 0 Å². The van der Waals surface area contributed by atoms with Gasteiger partial charge in [-0.2, -0.15) is 0 Å². The van der Waals surface area contributed by atoms with Gasteiger partial charge in [-0.1, -0.05) is 0 Å². The molecule has 0 aromatic heterocycles. The fourth-order valence-corrected chi connectivity index (χ4v) is 8.73. The van der Waals surface area contributed by atoms with Gasteiger partial charge >= 0.3 is 143 Å². The normalized spacial score (nSPS) is 22.3. The Labute approximate surface area is 152 Å². The van der Waals surface area contributed by atoms with E-state index in [2.05, 4.69) is 69.2 Å². The van der Waals surface area contributed by atoms with Crippen LogP contribution in [0.4, 0.5) is 0 Å². The van der Waals surface area contributed by atoms with E-state index in [4.69, 9.17) is 0 Å². The van der Waals surface area contributed by atoms with Gasteiger partial charge in [-0.3, -0.25) is 0 Å². The first kappa shape index (κ1) is 22.7. The van der Waals surface area contributed by atoms with Crippen molar-refractivity contribution >= 4 is 0 Å². The fraction of sp³-hybridized carbons (Fsp3) is 0.600. The van der Waals surface area contributed by atoms with Crippen molar-refractivity contribution < 1.29 is 32.6 Å². The molecule has 0 atom stereocenters. The Morgan fingerprint density at radius 3 is 0.957 bits per heavy atom. The summed E-state index contributed by atoms with van der Waals surface area (Å²) in [4.78, 5) is 0. The summed E-state index contributed by atoms with van der Waals surface area (Å²) in [6.07, 6.45) is 0. The van der Waals surface area contributed by atoms with Gasteiger partial charge in [0.25, 0.3) is 0 Å². The molecule has 0 heterocycles. The van der Waals surface area contributed by atoms with E-state index in [1.807, 2.05) is 0 Å². The van der Waals surface area contributed by atoms with E-state index in [1.165, 1.54) is 0 Å². The molecule has 0 aliphatic heterocycles. The summed E-state index contributed by atoms with van der Waals surface area (Å²) in [6, 6.07) is 0. The number of hydrogen-bond donors (Lipinski definition) is 0. The third-order valence-corrected chi connectivity index (χ3v) is 12.5. The summed E-state index contributed by atoms with van der Waals surface area (Å²) in [5.41, 5.74) is 10.0. The van der Waals surface area contributed by atoms with Crippen LogP contribution in [-0.2, 0) is 23.2 Å². The zero-order valence-corrected chi connectivity index (χ0v) is 18.7. The van der Waals surface area contributed by atoms with Gasteiger partial charge in [-0.25, -0.2) is 0 Å². The van der Waals surface area contributed by atoms with E-state index in [1.54, 1.807) is 40.0 Å². The Morgan fingerprint density at radius 2 is 0.783 bits per heavy atom. The van der Waals surface area contributed by atoms with Gasteiger partial charge in [0.15, 0.2) is 0 Å². The first-order valence-corrected chi connectivity index (χ1v) is 10.5. The summed E-state index contributed by atoms with van der Waals surface area (Å²) in [6.45, 7) is 23.7. The summed E-state index contributed by atoms with van der Waals surface area (Å²) < 4.78 is 3.59. The molecule has 0 spiro atoms. The minimum atomic E-state index is -0.730. The third-order valence-electron chi connectivity index (χ3n) is 6.38. The Balaban J connectivity index is 0.00000242. The molecule has 0 bridgehead atoms. The first-order chi connectivity index (χ1) is 9.44. The van der Waals surface area contributed by atoms with Gasteiger partial charge in [0.2, 0.25) is 0 Å². The molecule has 2 aliphatic carbocycles. The number of halogens is 2. The van der Waals surface area contributed by atoms with Gasteiger partial charge in [0.05, 0.1) is 0 Å². The summed E-state index contributed by atoms with van der Waals surface area (Å²) >= 11 is -0.730. The van der Waals surface area contributed by atoms with Crippen LogP contribution in [-0.4, -0.2) is 0 Å². The van der Waals surface area contributed by atoms with Crippen molar-refractivity contribution in [3.63, 3.8) is 0 Å². The first-order valence-electron chi connectivity index (χ1n) is 8.00. The third kappa shape index (κ3) is 3.15. The maximum Gasteiger partial charge on any atom is -1.00 e. The second-order valence-corrected chi connectivity index (χ2v) is 10.9. The molecule has 2 rings (SSSR count). The summed E-state index contributed by atoms with van der Waals surface area (Å²) in [5, 5.41) is 0. The van der Waals surface area contributed by atoms with Crippen molar-refractivity contribution in [2.24, 2.45) is 10.8 Å². The van der Waals surface area contributed by atoms with Crippen molar-refractivity contribution in [3.05, 3.63) is 40.0 Å². The van der Waals surface area contributed by atoms with Crippen LogP contribution >= 0.6 is 0 Å². The summed E-state index contributed by atoms with van der Waals surface area (Å²) in [5.74, 6) is 0.